The van der Waals surface area contributed by atoms with Gasteiger partial charge in [0.05, 0.1) is 13.2 Å². The van der Waals surface area contributed by atoms with Crippen LogP contribution in [-0.4, -0.2) is 67.4 Å². The molecular weight excluding hydrogens is 366 g/mol. The molecule has 1 amide bonds. The van der Waals surface area contributed by atoms with Crippen molar-refractivity contribution in [3.8, 4) is 0 Å². The van der Waals surface area contributed by atoms with Crippen molar-refractivity contribution >= 4 is 12.2 Å². The van der Waals surface area contributed by atoms with Gasteiger partial charge in [0.15, 0.2) is 11.4 Å². The quantitative estimate of drug-likeness (QED) is 0.764. The predicted molar refractivity (Wildman–Crippen MR) is 112 cm³/mol. The van der Waals surface area contributed by atoms with E-state index in [1.54, 1.807) is 4.90 Å². The summed E-state index contributed by atoms with van der Waals surface area (Å²) >= 11 is 0. The van der Waals surface area contributed by atoms with Gasteiger partial charge in [-0.05, 0) is 69.4 Å². The molecular formula is C23H33N3O3. The summed E-state index contributed by atoms with van der Waals surface area (Å²) in [5.41, 5.74) is 2.45. The van der Waals surface area contributed by atoms with Gasteiger partial charge in [-0.25, -0.2) is 0 Å². The third-order valence-electron chi connectivity index (χ3n) is 6.89. The van der Waals surface area contributed by atoms with Crippen LogP contribution in [0.3, 0.4) is 0 Å². The van der Waals surface area contributed by atoms with Gasteiger partial charge in [-0.3, -0.25) is 9.59 Å². The first-order valence-corrected chi connectivity index (χ1v) is 11.0. The van der Waals surface area contributed by atoms with Crippen LogP contribution in [0, 0.1) is 5.92 Å². The number of nitrogens with one attached hydrogen (secondary N) is 1. The molecule has 158 valence electrons. The minimum Gasteiger partial charge on any atom is -0.359 e. The van der Waals surface area contributed by atoms with Gasteiger partial charge >= 0.3 is 0 Å². The molecule has 1 unspecified atom stereocenters. The number of benzene rings is 1. The number of piperidine rings is 1. The maximum atomic E-state index is 13.9. The van der Waals surface area contributed by atoms with Gasteiger partial charge in [-0.1, -0.05) is 18.2 Å². The maximum absolute atomic E-state index is 13.9. The number of rotatable bonds is 5. The molecule has 3 heterocycles. The molecule has 0 radical (unpaired) electrons. The maximum Gasteiger partial charge on any atom is 0.209 e. The molecule has 29 heavy (non-hydrogen) atoms. The Morgan fingerprint density at radius 3 is 2.76 bits per heavy atom. The fourth-order valence-electron chi connectivity index (χ4n) is 5.04. The molecule has 1 aromatic carbocycles. The van der Waals surface area contributed by atoms with E-state index in [0.717, 1.165) is 57.4 Å². The summed E-state index contributed by atoms with van der Waals surface area (Å²) in [4.78, 5) is 29.6. The van der Waals surface area contributed by atoms with Crippen molar-refractivity contribution in [3.05, 3.63) is 34.9 Å². The van der Waals surface area contributed by atoms with Crippen molar-refractivity contribution in [2.24, 2.45) is 5.92 Å². The predicted octanol–water partition coefficient (Wildman–Crippen LogP) is 1.71. The van der Waals surface area contributed by atoms with E-state index in [4.69, 9.17) is 4.74 Å². The highest BCUT2D eigenvalue weighted by Gasteiger charge is 2.48. The Balaban J connectivity index is 1.65. The van der Waals surface area contributed by atoms with Crippen molar-refractivity contribution in [2.75, 3.05) is 39.3 Å². The lowest BCUT2D eigenvalue weighted by atomic mass is 9.77. The van der Waals surface area contributed by atoms with E-state index in [2.05, 4.69) is 36.2 Å². The first kappa shape index (κ1) is 20.5. The summed E-state index contributed by atoms with van der Waals surface area (Å²) in [7, 11) is 0. The van der Waals surface area contributed by atoms with Crippen molar-refractivity contribution in [1.29, 1.82) is 0 Å². The Kier molecular flexibility index (Phi) is 6.04. The zero-order valence-electron chi connectivity index (χ0n) is 17.7. The number of fused-ring (bicyclic) bond motifs is 1. The molecule has 0 saturated carbocycles. The van der Waals surface area contributed by atoms with Gasteiger partial charge in [0, 0.05) is 25.0 Å². The fraction of sp³-hybridized carbons (Fsp3) is 0.652. The standard InChI is InChI=1S/C23H33N3O3/c1-17(2)26-9-6-18(7-10-26)22(28)23(15-25(16-27)11-12-29-23)21-4-3-20-14-24-8-5-19(20)13-21/h3-4,13,16-18,24H,5-12,14-15H2,1-2H3. The summed E-state index contributed by atoms with van der Waals surface area (Å²) < 4.78 is 6.28. The van der Waals surface area contributed by atoms with Crippen LogP contribution in [0.2, 0.25) is 0 Å². The molecule has 0 bridgehead atoms. The van der Waals surface area contributed by atoms with Gasteiger partial charge in [0.2, 0.25) is 6.41 Å². The van der Waals surface area contributed by atoms with Crippen LogP contribution in [0.1, 0.15) is 43.4 Å². The van der Waals surface area contributed by atoms with E-state index in [1.165, 1.54) is 11.1 Å². The number of hydrogen-bond acceptors (Lipinski definition) is 5. The number of morpholine rings is 1. The third kappa shape index (κ3) is 3.98. The highest BCUT2D eigenvalue weighted by molar-refractivity contribution is 5.91. The number of likely N-dealkylation sites (tertiary alicyclic amines) is 1. The molecule has 1 atom stereocenters. The van der Waals surface area contributed by atoms with Crippen LogP contribution in [-0.2, 0) is 32.9 Å². The molecule has 4 rings (SSSR count). The summed E-state index contributed by atoms with van der Waals surface area (Å²) in [5.74, 6) is 0.135. The lowest BCUT2D eigenvalue weighted by Gasteiger charge is -2.44. The Labute approximate surface area is 173 Å². The molecule has 2 saturated heterocycles. The molecule has 1 N–H and O–H groups in total. The molecule has 1 aromatic rings. The first-order chi connectivity index (χ1) is 14.0. The van der Waals surface area contributed by atoms with Crippen molar-refractivity contribution in [3.63, 3.8) is 0 Å². The number of Topliss-reactive ketones (excluding diaryl/α,β-unsaturated/α-hetero) is 1. The molecule has 3 aliphatic rings. The zero-order valence-corrected chi connectivity index (χ0v) is 17.7. The average molecular weight is 400 g/mol. The lowest BCUT2D eigenvalue weighted by molar-refractivity contribution is -0.167. The smallest absolute Gasteiger partial charge is 0.209 e. The van der Waals surface area contributed by atoms with Crippen LogP contribution in [0.15, 0.2) is 18.2 Å². The highest BCUT2D eigenvalue weighted by Crippen LogP contribution is 2.37. The Morgan fingerprint density at radius 2 is 2.03 bits per heavy atom. The van der Waals surface area contributed by atoms with Crippen LogP contribution in [0.5, 0.6) is 0 Å². The molecule has 3 aliphatic heterocycles. The molecule has 6 heteroatoms. The number of amides is 1. The van der Waals surface area contributed by atoms with Crippen LogP contribution >= 0.6 is 0 Å². The summed E-state index contributed by atoms with van der Waals surface area (Å²) in [5, 5.41) is 3.40. The van der Waals surface area contributed by atoms with Crippen LogP contribution in [0.25, 0.3) is 0 Å². The van der Waals surface area contributed by atoms with E-state index in [1.807, 2.05) is 6.07 Å². The monoisotopic (exact) mass is 399 g/mol. The summed E-state index contributed by atoms with van der Waals surface area (Å²) in [6, 6.07) is 6.83. The lowest BCUT2D eigenvalue weighted by Crippen LogP contribution is -2.56. The van der Waals surface area contributed by atoms with Gasteiger partial charge < -0.3 is 19.9 Å². The number of nitrogens with zero attached hydrogens (tertiary/aromatic N) is 2. The van der Waals surface area contributed by atoms with Crippen molar-refractivity contribution < 1.29 is 14.3 Å². The molecule has 0 spiro atoms. The molecule has 6 nitrogen and oxygen atoms in total. The minimum absolute atomic E-state index is 0.0192. The Bertz CT molecular complexity index is 758. The van der Waals surface area contributed by atoms with Gasteiger partial charge in [0.25, 0.3) is 0 Å². The second kappa shape index (κ2) is 8.54. The summed E-state index contributed by atoms with van der Waals surface area (Å²) in [6.07, 6.45) is 3.53. The van der Waals surface area contributed by atoms with Crippen LogP contribution < -0.4 is 5.32 Å². The van der Waals surface area contributed by atoms with Crippen LogP contribution in [0.4, 0.5) is 0 Å². The van der Waals surface area contributed by atoms with E-state index in [-0.39, 0.29) is 11.7 Å². The van der Waals surface area contributed by atoms with E-state index >= 15 is 0 Å². The minimum atomic E-state index is -1.04. The summed E-state index contributed by atoms with van der Waals surface area (Å²) in [6.45, 7) is 9.37. The molecule has 2 fully saturated rings. The molecule has 0 aromatic heterocycles. The van der Waals surface area contributed by atoms with Gasteiger partial charge in [-0.15, -0.1) is 0 Å². The topological polar surface area (TPSA) is 61.9 Å². The van der Waals surface area contributed by atoms with Crippen molar-refractivity contribution in [1.82, 2.24) is 15.1 Å². The Morgan fingerprint density at radius 1 is 1.24 bits per heavy atom. The highest BCUT2D eigenvalue weighted by atomic mass is 16.5. The largest absolute Gasteiger partial charge is 0.359 e. The second-order valence-corrected chi connectivity index (χ2v) is 8.93. The number of carbonyl (C=O) groups excluding carboxylic acids is 2. The number of hydrogen-bond donors (Lipinski definition) is 1. The third-order valence-corrected chi connectivity index (χ3v) is 6.89. The fourth-order valence-corrected chi connectivity index (χ4v) is 5.04. The van der Waals surface area contributed by atoms with Gasteiger partial charge in [-0.2, -0.15) is 0 Å². The number of carbonyl (C=O) groups is 2. The van der Waals surface area contributed by atoms with E-state index < -0.39 is 5.60 Å². The molecule has 0 aliphatic carbocycles. The normalized spacial score (nSPS) is 26.4. The van der Waals surface area contributed by atoms with Gasteiger partial charge in [0.1, 0.15) is 0 Å². The first-order valence-electron chi connectivity index (χ1n) is 11.0. The SMILES string of the molecule is CC(C)N1CCC(C(=O)C2(c3ccc4c(c3)CCNC4)CN(C=O)CCO2)CC1. The zero-order chi connectivity index (χ0) is 20.4. The number of ketones is 1. The van der Waals surface area contributed by atoms with E-state index in [9.17, 15) is 9.59 Å². The van der Waals surface area contributed by atoms with Crippen molar-refractivity contribution in [2.45, 2.75) is 51.3 Å². The second-order valence-electron chi connectivity index (χ2n) is 8.93. The Hall–Kier alpha value is -1.76. The average Bonchev–Trinajstić information content (AvgIpc) is 2.78. The number of ether oxygens (including phenoxy) is 1. The van der Waals surface area contributed by atoms with E-state index in [0.29, 0.717) is 25.7 Å².